The van der Waals surface area contributed by atoms with Crippen LogP contribution in [0.4, 0.5) is 0 Å². The molecule has 62 heavy (non-hydrogen) atoms. The quantitative estimate of drug-likeness (QED) is 0.0448. The Kier molecular flexibility index (Phi) is 44.1. The van der Waals surface area contributed by atoms with Crippen LogP contribution in [0.3, 0.4) is 0 Å². The molecule has 368 valence electrons. The molecule has 6 nitrogen and oxygen atoms in total. The van der Waals surface area contributed by atoms with Crippen LogP contribution in [0.1, 0.15) is 285 Å². The first kappa shape index (κ1) is 58.9. The summed E-state index contributed by atoms with van der Waals surface area (Å²) in [6.07, 6.45) is 49.1. The zero-order valence-corrected chi connectivity index (χ0v) is 42.5. The van der Waals surface area contributed by atoms with Gasteiger partial charge in [0, 0.05) is 32.6 Å². The number of unbranched alkanes of at least 4 members (excludes halogenated alkanes) is 20. The standard InChI is InChI=1S/C56H109NO5/c1-5-9-24-35-52(36-25-10-6-2)43-49-61-55(58)41-30-21-17-13-15-19-28-39-54(51-60-48-34-47-57-45-32-23-33-46-57)40-29-20-16-14-18-22-31-42-56(59)62-50-44-53(37-26-11-7-3)38-27-12-8-4/h52-54H,5-51H2,1-4H3. The number of esters is 2. The van der Waals surface area contributed by atoms with Crippen LogP contribution in [0, 0.1) is 17.8 Å². The predicted molar refractivity (Wildman–Crippen MR) is 267 cm³/mol. The van der Waals surface area contributed by atoms with Crippen molar-refractivity contribution in [2.45, 2.75) is 285 Å². The van der Waals surface area contributed by atoms with Crippen molar-refractivity contribution >= 4 is 11.9 Å². The molecule has 0 aromatic rings. The molecule has 1 aliphatic rings. The number of hydrogen-bond acceptors (Lipinski definition) is 6. The summed E-state index contributed by atoms with van der Waals surface area (Å²) in [7, 11) is 0. The summed E-state index contributed by atoms with van der Waals surface area (Å²) in [6.45, 7) is 15.9. The SMILES string of the molecule is CCCCCC(CCCCC)CCOC(=O)CCCCCCCCCC(CCCCCCCCCC(=O)OCCC(CCCCC)CCCCC)COCCCN1CCCCC1. The minimum Gasteiger partial charge on any atom is -0.466 e. The Bertz CT molecular complexity index is 857. The molecule has 0 bridgehead atoms. The number of piperidine rings is 1. The molecule has 1 rings (SSSR count). The van der Waals surface area contributed by atoms with Gasteiger partial charge in [-0.05, 0) is 88.6 Å². The summed E-state index contributed by atoms with van der Waals surface area (Å²) in [5, 5.41) is 0. The third-order valence-corrected chi connectivity index (χ3v) is 14.0. The lowest BCUT2D eigenvalue weighted by Crippen LogP contribution is -2.31. The minimum absolute atomic E-state index is 0.0179. The van der Waals surface area contributed by atoms with Crippen molar-refractivity contribution in [1.82, 2.24) is 4.90 Å². The van der Waals surface area contributed by atoms with Gasteiger partial charge in [0.2, 0.25) is 0 Å². The van der Waals surface area contributed by atoms with Gasteiger partial charge in [0.15, 0.2) is 0 Å². The first-order chi connectivity index (χ1) is 30.5. The fraction of sp³-hybridized carbons (Fsp3) is 0.964. The first-order valence-corrected chi connectivity index (χ1v) is 28.1. The van der Waals surface area contributed by atoms with Gasteiger partial charge in [0.25, 0.3) is 0 Å². The number of likely N-dealkylation sites (tertiary alicyclic amines) is 1. The van der Waals surface area contributed by atoms with Gasteiger partial charge in [-0.3, -0.25) is 9.59 Å². The number of ether oxygens (including phenoxy) is 3. The van der Waals surface area contributed by atoms with Gasteiger partial charge in [-0.25, -0.2) is 0 Å². The molecule has 1 saturated heterocycles. The molecule has 0 radical (unpaired) electrons. The second kappa shape index (κ2) is 46.4. The maximum atomic E-state index is 12.4. The van der Waals surface area contributed by atoms with E-state index in [0.717, 1.165) is 63.6 Å². The number of carbonyl (C=O) groups excluding carboxylic acids is 2. The van der Waals surface area contributed by atoms with E-state index < -0.39 is 0 Å². The second-order valence-electron chi connectivity index (χ2n) is 20.0. The van der Waals surface area contributed by atoms with Crippen LogP contribution >= 0.6 is 0 Å². The molecule has 0 saturated carbocycles. The summed E-state index contributed by atoms with van der Waals surface area (Å²) in [4.78, 5) is 27.4. The van der Waals surface area contributed by atoms with Crippen LogP contribution in [0.5, 0.6) is 0 Å². The highest BCUT2D eigenvalue weighted by molar-refractivity contribution is 5.69. The van der Waals surface area contributed by atoms with Gasteiger partial charge < -0.3 is 19.1 Å². The van der Waals surface area contributed by atoms with E-state index in [2.05, 4.69) is 32.6 Å². The molecule has 0 amide bonds. The van der Waals surface area contributed by atoms with Gasteiger partial charge in [-0.15, -0.1) is 0 Å². The summed E-state index contributed by atoms with van der Waals surface area (Å²) in [5.41, 5.74) is 0. The van der Waals surface area contributed by atoms with Crippen molar-refractivity contribution in [2.75, 3.05) is 46.1 Å². The van der Waals surface area contributed by atoms with Gasteiger partial charge in [0.05, 0.1) is 13.2 Å². The molecule has 0 aliphatic carbocycles. The third kappa shape index (κ3) is 39.2. The van der Waals surface area contributed by atoms with Crippen molar-refractivity contribution in [3.63, 3.8) is 0 Å². The lowest BCUT2D eigenvalue weighted by molar-refractivity contribution is -0.145. The third-order valence-electron chi connectivity index (χ3n) is 14.0. The highest BCUT2D eigenvalue weighted by Gasteiger charge is 2.14. The van der Waals surface area contributed by atoms with E-state index in [9.17, 15) is 9.59 Å². The lowest BCUT2D eigenvalue weighted by Gasteiger charge is -2.26. The van der Waals surface area contributed by atoms with Gasteiger partial charge in [-0.2, -0.15) is 0 Å². The zero-order valence-electron chi connectivity index (χ0n) is 42.5. The highest BCUT2D eigenvalue weighted by Crippen LogP contribution is 2.24. The molecule has 1 heterocycles. The number of rotatable bonds is 48. The maximum absolute atomic E-state index is 12.4. The average molecular weight is 876 g/mol. The van der Waals surface area contributed by atoms with Crippen LogP contribution in [-0.4, -0.2) is 62.9 Å². The number of nitrogens with zero attached hydrogens (tertiary/aromatic N) is 1. The lowest BCUT2D eigenvalue weighted by atomic mass is 9.92. The molecular formula is C56H109NO5. The molecule has 6 heteroatoms. The van der Waals surface area contributed by atoms with E-state index >= 15 is 0 Å². The highest BCUT2D eigenvalue weighted by atomic mass is 16.5. The summed E-state index contributed by atoms with van der Waals surface area (Å²) in [6, 6.07) is 0. The Morgan fingerprint density at radius 1 is 0.387 bits per heavy atom. The van der Waals surface area contributed by atoms with Crippen molar-refractivity contribution in [1.29, 1.82) is 0 Å². The van der Waals surface area contributed by atoms with E-state index in [1.54, 1.807) is 0 Å². The molecule has 0 unspecified atom stereocenters. The van der Waals surface area contributed by atoms with Gasteiger partial charge in [-0.1, -0.05) is 214 Å². The molecule has 0 N–H and O–H groups in total. The molecule has 1 fully saturated rings. The second-order valence-corrected chi connectivity index (χ2v) is 20.0. The molecule has 0 aromatic carbocycles. The molecular weight excluding hydrogens is 767 g/mol. The molecule has 1 aliphatic heterocycles. The molecule has 0 atom stereocenters. The topological polar surface area (TPSA) is 65.1 Å². The Hall–Kier alpha value is -1.14. The van der Waals surface area contributed by atoms with Crippen molar-refractivity contribution in [2.24, 2.45) is 17.8 Å². The van der Waals surface area contributed by atoms with Crippen LogP contribution in [0.25, 0.3) is 0 Å². The maximum Gasteiger partial charge on any atom is 0.305 e. The largest absolute Gasteiger partial charge is 0.466 e. The van der Waals surface area contributed by atoms with E-state index in [1.807, 2.05) is 0 Å². The summed E-state index contributed by atoms with van der Waals surface area (Å²) >= 11 is 0. The monoisotopic (exact) mass is 876 g/mol. The number of carbonyl (C=O) groups is 2. The summed E-state index contributed by atoms with van der Waals surface area (Å²) < 4.78 is 17.7. The Morgan fingerprint density at radius 2 is 0.742 bits per heavy atom. The van der Waals surface area contributed by atoms with Crippen LogP contribution in [0.2, 0.25) is 0 Å². The van der Waals surface area contributed by atoms with Crippen molar-refractivity contribution in [3.05, 3.63) is 0 Å². The fourth-order valence-corrected chi connectivity index (χ4v) is 9.73. The van der Waals surface area contributed by atoms with E-state index in [-0.39, 0.29) is 11.9 Å². The normalized spacial score (nSPS) is 13.5. The Morgan fingerprint density at radius 3 is 1.15 bits per heavy atom. The van der Waals surface area contributed by atoms with Crippen molar-refractivity contribution in [3.8, 4) is 0 Å². The first-order valence-electron chi connectivity index (χ1n) is 28.1. The molecule has 0 aromatic heterocycles. The predicted octanol–water partition coefficient (Wildman–Crippen LogP) is 16.9. The average Bonchev–Trinajstić information content (AvgIpc) is 3.27. The van der Waals surface area contributed by atoms with Crippen molar-refractivity contribution < 1.29 is 23.8 Å². The number of hydrogen-bond donors (Lipinski definition) is 0. The Labute approximate surface area is 387 Å². The Balaban J connectivity index is 2.20. The van der Waals surface area contributed by atoms with Crippen LogP contribution < -0.4 is 0 Å². The smallest absolute Gasteiger partial charge is 0.305 e. The van der Waals surface area contributed by atoms with Crippen LogP contribution in [0.15, 0.2) is 0 Å². The van der Waals surface area contributed by atoms with Crippen LogP contribution in [-0.2, 0) is 23.8 Å². The van der Waals surface area contributed by atoms with E-state index in [4.69, 9.17) is 14.2 Å². The molecule has 0 spiro atoms. The van der Waals surface area contributed by atoms with E-state index in [0.29, 0.717) is 32.0 Å². The van der Waals surface area contributed by atoms with Gasteiger partial charge >= 0.3 is 11.9 Å². The minimum atomic E-state index is 0.0179. The zero-order chi connectivity index (χ0) is 44.8. The summed E-state index contributed by atoms with van der Waals surface area (Å²) in [5.74, 6) is 2.17. The van der Waals surface area contributed by atoms with Gasteiger partial charge in [0.1, 0.15) is 0 Å². The van der Waals surface area contributed by atoms with E-state index in [1.165, 1.54) is 225 Å². The fourth-order valence-electron chi connectivity index (χ4n) is 9.73.